The summed E-state index contributed by atoms with van der Waals surface area (Å²) in [5, 5.41) is 12.2. The predicted octanol–water partition coefficient (Wildman–Crippen LogP) is 4.95. The number of allylic oxidation sites excluding steroid dienone is 2. The van der Waals surface area contributed by atoms with Crippen LogP contribution in [0.15, 0.2) is 42.0 Å². The SMILES string of the molecule is CCNC(=O)N1CCC(c2ccc3c(c2)C(C)(C)C2=C(C3=O)c3ccc(C#N)cc3C2)CC1. The predicted molar refractivity (Wildman–Crippen MR) is 128 cm³/mol. The lowest BCUT2D eigenvalue weighted by Gasteiger charge is -2.36. The molecule has 0 saturated carbocycles. The molecule has 1 N–H and O–H groups in total. The summed E-state index contributed by atoms with van der Waals surface area (Å²) in [7, 11) is 0. The standard InChI is InChI=1S/C28H29N3O2/c1-4-30-27(33)31-11-9-18(10-12-31)19-6-8-22-23(14-19)28(2,3)24-15-20-13-17(16-29)5-7-21(20)25(24)26(22)32/h5-8,13-14,18H,4,9-12,15H2,1-3H3,(H,30,33). The average Bonchev–Trinajstić information content (AvgIpc) is 3.23. The third-order valence-corrected chi connectivity index (χ3v) is 7.70. The fourth-order valence-electron chi connectivity index (χ4n) is 5.79. The van der Waals surface area contributed by atoms with Crippen molar-refractivity contribution in [1.29, 1.82) is 5.26 Å². The van der Waals surface area contributed by atoms with Gasteiger partial charge in [0.2, 0.25) is 0 Å². The molecule has 2 aromatic rings. The number of nitrogens with zero attached hydrogens (tertiary/aromatic N) is 2. The maximum atomic E-state index is 13.6. The van der Waals surface area contributed by atoms with Crippen molar-refractivity contribution in [2.45, 2.75) is 51.4 Å². The Balaban J connectivity index is 1.45. The molecule has 1 aliphatic heterocycles. The Morgan fingerprint density at radius 1 is 1.15 bits per heavy atom. The number of Topliss-reactive ketones (excluding diaryl/α,β-unsaturated/α-hetero) is 1. The highest BCUT2D eigenvalue weighted by Crippen LogP contribution is 2.50. The molecule has 1 fully saturated rings. The number of carbonyl (C=O) groups excluding carboxylic acids is 2. The number of piperidine rings is 1. The van der Waals surface area contributed by atoms with Gasteiger partial charge < -0.3 is 10.2 Å². The number of likely N-dealkylation sites (tertiary alicyclic amines) is 1. The summed E-state index contributed by atoms with van der Waals surface area (Å²) in [4.78, 5) is 27.6. The quantitative estimate of drug-likeness (QED) is 0.719. The maximum absolute atomic E-state index is 13.6. The van der Waals surface area contributed by atoms with E-state index in [2.05, 4.69) is 37.4 Å². The van der Waals surface area contributed by atoms with Crippen molar-refractivity contribution >= 4 is 17.4 Å². The summed E-state index contributed by atoms with van der Waals surface area (Å²) in [6, 6.07) is 14.3. The van der Waals surface area contributed by atoms with Crippen molar-refractivity contribution in [2.24, 2.45) is 0 Å². The molecule has 1 heterocycles. The molecule has 3 aliphatic rings. The third kappa shape index (κ3) is 3.36. The van der Waals surface area contributed by atoms with E-state index in [-0.39, 0.29) is 17.2 Å². The number of benzene rings is 2. The second kappa shape index (κ2) is 7.88. The molecule has 0 spiro atoms. The first-order valence-corrected chi connectivity index (χ1v) is 11.8. The van der Waals surface area contributed by atoms with Gasteiger partial charge >= 0.3 is 6.03 Å². The van der Waals surface area contributed by atoms with Crippen molar-refractivity contribution in [3.05, 3.63) is 75.4 Å². The topological polar surface area (TPSA) is 73.2 Å². The van der Waals surface area contributed by atoms with Crippen LogP contribution in [0.3, 0.4) is 0 Å². The van der Waals surface area contributed by atoms with Crippen LogP contribution in [0.2, 0.25) is 0 Å². The van der Waals surface area contributed by atoms with E-state index in [1.54, 1.807) is 6.07 Å². The summed E-state index contributed by atoms with van der Waals surface area (Å²) >= 11 is 0. The second-order valence-electron chi connectivity index (χ2n) is 9.87. The van der Waals surface area contributed by atoms with Gasteiger partial charge in [0.25, 0.3) is 0 Å². The minimum Gasteiger partial charge on any atom is -0.338 e. The van der Waals surface area contributed by atoms with Crippen molar-refractivity contribution in [3.8, 4) is 6.07 Å². The van der Waals surface area contributed by atoms with Crippen LogP contribution in [0.5, 0.6) is 0 Å². The zero-order valence-electron chi connectivity index (χ0n) is 19.5. The summed E-state index contributed by atoms with van der Waals surface area (Å²) in [5.74, 6) is 0.488. The van der Waals surface area contributed by atoms with Crippen LogP contribution in [-0.2, 0) is 11.8 Å². The first kappa shape index (κ1) is 21.5. The Morgan fingerprint density at radius 2 is 1.88 bits per heavy atom. The van der Waals surface area contributed by atoms with E-state index in [0.717, 1.165) is 59.3 Å². The van der Waals surface area contributed by atoms with E-state index in [0.29, 0.717) is 24.4 Å². The number of hydrogen-bond acceptors (Lipinski definition) is 3. The molecule has 2 aromatic carbocycles. The molecule has 168 valence electrons. The molecule has 5 rings (SSSR count). The molecule has 0 radical (unpaired) electrons. The van der Waals surface area contributed by atoms with Gasteiger partial charge in [-0.25, -0.2) is 4.79 Å². The highest BCUT2D eigenvalue weighted by atomic mass is 16.2. The lowest BCUT2D eigenvalue weighted by atomic mass is 9.67. The second-order valence-corrected chi connectivity index (χ2v) is 9.87. The van der Waals surface area contributed by atoms with Gasteiger partial charge in [-0.15, -0.1) is 0 Å². The van der Waals surface area contributed by atoms with Crippen LogP contribution >= 0.6 is 0 Å². The van der Waals surface area contributed by atoms with Gasteiger partial charge in [-0.2, -0.15) is 5.26 Å². The van der Waals surface area contributed by atoms with E-state index in [9.17, 15) is 14.9 Å². The Kier molecular flexibility index (Phi) is 5.12. The maximum Gasteiger partial charge on any atom is 0.317 e. The van der Waals surface area contributed by atoms with Crippen molar-refractivity contribution in [1.82, 2.24) is 10.2 Å². The van der Waals surface area contributed by atoms with E-state index >= 15 is 0 Å². The molecule has 2 aliphatic carbocycles. The molecule has 2 amide bonds. The fraction of sp³-hybridized carbons (Fsp3) is 0.393. The molecule has 0 atom stereocenters. The number of urea groups is 1. The van der Waals surface area contributed by atoms with Crippen LogP contribution in [0.4, 0.5) is 4.79 Å². The fourth-order valence-corrected chi connectivity index (χ4v) is 5.79. The molecule has 5 heteroatoms. The van der Waals surface area contributed by atoms with E-state index in [4.69, 9.17) is 0 Å². The molecule has 5 nitrogen and oxygen atoms in total. The Hall–Kier alpha value is -3.39. The number of carbonyl (C=O) groups is 2. The lowest BCUT2D eigenvalue weighted by Crippen LogP contribution is -2.44. The first-order chi connectivity index (χ1) is 15.8. The Bertz CT molecular complexity index is 1240. The van der Waals surface area contributed by atoms with Crippen LogP contribution in [0.1, 0.15) is 77.7 Å². The Morgan fingerprint density at radius 3 is 2.58 bits per heavy atom. The minimum atomic E-state index is -0.262. The molecule has 33 heavy (non-hydrogen) atoms. The monoisotopic (exact) mass is 439 g/mol. The Labute approximate surface area is 195 Å². The molecule has 0 bridgehead atoms. The number of rotatable bonds is 2. The van der Waals surface area contributed by atoms with Crippen molar-refractivity contribution < 1.29 is 9.59 Å². The average molecular weight is 440 g/mol. The van der Waals surface area contributed by atoms with Gasteiger partial charge in [0.05, 0.1) is 11.6 Å². The summed E-state index contributed by atoms with van der Waals surface area (Å²) in [6.07, 6.45) is 2.58. The van der Waals surface area contributed by atoms with Crippen molar-refractivity contribution in [3.63, 3.8) is 0 Å². The summed E-state index contributed by atoms with van der Waals surface area (Å²) in [5.41, 5.74) is 7.57. The number of ketones is 1. The lowest BCUT2D eigenvalue weighted by molar-refractivity contribution is 0.105. The van der Waals surface area contributed by atoms with Gasteiger partial charge in [0.15, 0.2) is 5.78 Å². The van der Waals surface area contributed by atoms with Gasteiger partial charge in [-0.3, -0.25) is 4.79 Å². The van der Waals surface area contributed by atoms with Gasteiger partial charge in [0, 0.05) is 36.2 Å². The van der Waals surface area contributed by atoms with Crippen LogP contribution < -0.4 is 5.32 Å². The van der Waals surface area contributed by atoms with Crippen LogP contribution in [0.25, 0.3) is 5.57 Å². The number of fused-ring (bicyclic) bond motifs is 3. The zero-order valence-corrected chi connectivity index (χ0v) is 19.5. The normalized spacial score (nSPS) is 19.0. The molecule has 0 unspecified atom stereocenters. The van der Waals surface area contributed by atoms with Gasteiger partial charge in [-0.05, 0) is 72.1 Å². The number of amides is 2. The van der Waals surface area contributed by atoms with Gasteiger partial charge in [-0.1, -0.05) is 38.1 Å². The van der Waals surface area contributed by atoms with E-state index in [1.165, 1.54) is 5.56 Å². The number of nitriles is 1. The van der Waals surface area contributed by atoms with Crippen LogP contribution in [0, 0.1) is 11.3 Å². The van der Waals surface area contributed by atoms with Gasteiger partial charge in [0.1, 0.15) is 0 Å². The zero-order chi connectivity index (χ0) is 23.3. The summed E-state index contributed by atoms with van der Waals surface area (Å²) in [6.45, 7) is 8.51. The van der Waals surface area contributed by atoms with Crippen molar-refractivity contribution in [2.75, 3.05) is 19.6 Å². The van der Waals surface area contributed by atoms with Crippen LogP contribution in [-0.4, -0.2) is 36.3 Å². The minimum absolute atomic E-state index is 0.0212. The summed E-state index contributed by atoms with van der Waals surface area (Å²) < 4.78 is 0. The highest BCUT2D eigenvalue weighted by molar-refractivity contribution is 6.33. The highest BCUT2D eigenvalue weighted by Gasteiger charge is 2.43. The van der Waals surface area contributed by atoms with E-state index in [1.807, 2.05) is 30.0 Å². The molecular weight excluding hydrogens is 410 g/mol. The molecular formula is C28H29N3O2. The smallest absolute Gasteiger partial charge is 0.317 e. The number of nitrogens with one attached hydrogen (secondary N) is 1. The number of hydrogen-bond donors (Lipinski definition) is 1. The largest absolute Gasteiger partial charge is 0.338 e. The molecule has 0 aromatic heterocycles. The third-order valence-electron chi connectivity index (χ3n) is 7.70. The van der Waals surface area contributed by atoms with E-state index < -0.39 is 0 Å². The first-order valence-electron chi connectivity index (χ1n) is 11.8. The molecule has 1 saturated heterocycles.